The Kier molecular flexibility index (Phi) is 6.18. The molecule has 2 aromatic rings. The van der Waals surface area contributed by atoms with E-state index in [4.69, 9.17) is 0 Å². The quantitative estimate of drug-likeness (QED) is 0.739. The van der Waals surface area contributed by atoms with Gasteiger partial charge in [0.15, 0.2) is 0 Å². The number of benzene rings is 1. The Morgan fingerprint density at radius 2 is 1.59 bits per heavy atom. The molecule has 9 nitrogen and oxygen atoms in total. The molecule has 0 saturated carbocycles. The number of anilines is 2. The third-order valence-corrected chi connectivity index (χ3v) is 4.45. The van der Waals surface area contributed by atoms with Gasteiger partial charge in [-0.25, -0.2) is 0 Å². The molecule has 3 rings (SSSR count). The molecule has 1 aliphatic heterocycles. The van der Waals surface area contributed by atoms with Crippen molar-refractivity contribution in [1.82, 2.24) is 14.8 Å². The van der Waals surface area contributed by atoms with E-state index in [2.05, 4.69) is 15.6 Å². The van der Waals surface area contributed by atoms with Crippen molar-refractivity contribution in [3.05, 3.63) is 53.9 Å². The molecule has 0 radical (unpaired) electrons. The van der Waals surface area contributed by atoms with Crippen LogP contribution in [-0.2, 0) is 9.59 Å². The Morgan fingerprint density at radius 1 is 0.966 bits per heavy atom. The van der Waals surface area contributed by atoms with Gasteiger partial charge < -0.3 is 20.4 Å². The molecule has 2 heterocycles. The Labute approximate surface area is 167 Å². The van der Waals surface area contributed by atoms with Crippen LogP contribution in [0.5, 0.6) is 0 Å². The van der Waals surface area contributed by atoms with E-state index < -0.39 is 0 Å². The van der Waals surface area contributed by atoms with Crippen molar-refractivity contribution < 1.29 is 19.2 Å². The number of rotatable bonds is 5. The highest BCUT2D eigenvalue weighted by Gasteiger charge is 2.23. The zero-order chi connectivity index (χ0) is 20.8. The Morgan fingerprint density at radius 3 is 2.17 bits per heavy atom. The van der Waals surface area contributed by atoms with Crippen LogP contribution < -0.4 is 10.6 Å². The smallest absolute Gasteiger partial charge is 0.272 e. The maximum absolute atomic E-state index is 12.6. The van der Waals surface area contributed by atoms with Gasteiger partial charge in [0, 0.05) is 56.2 Å². The second kappa shape index (κ2) is 8.96. The minimum absolute atomic E-state index is 0.177. The van der Waals surface area contributed by atoms with Crippen LogP contribution in [0, 0.1) is 0 Å². The molecule has 4 amide bonds. The van der Waals surface area contributed by atoms with Crippen molar-refractivity contribution in [1.29, 1.82) is 0 Å². The topological polar surface area (TPSA) is 112 Å². The summed E-state index contributed by atoms with van der Waals surface area (Å²) in [5.41, 5.74) is 1.67. The van der Waals surface area contributed by atoms with Crippen molar-refractivity contribution in [3.8, 4) is 0 Å². The molecule has 1 aromatic carbocycles. The average molecular weight is 395 g/mol. The van der Waals surface area contributed by atoms with Crippen LogP contribution in [0.25, 0.3) is 0 Å². The Hall–Kier alpha value is -3.75. The van der Waals surface area contributed by atoms with Crippen molar-refractivity contribution >= 4 is 35.5 Å². The molecule has 29 heavy (non-hydrogen) atoms. The lowest BCUT2D eigenvalue weighted by atomic mass is 10.2. The van der Waals surface area contributed by atoms with Crippen LogP contribution in [0.3, 0.4) is 0 Å². The largest absolute Gasteiger partial charge is 0.342 e. The lowest BCUT2D eigenvalue weighted by Gasteiger charge is -2.32. The van der Waals surface area contributed by atoms with Gasteiger partial charge in [0.2, 0.25) is 12.3 Å². The van der Waals surface area contributed by atoms with E-state index in [1.54, 1.807) is 34.1 Å². The lowest BCUT2D eigenvalue weighted by molar-refractivity contribution is -0.119. The van der Waals surface area contributed by atoms with Gasteiger partial charge in [-0.05, 0) is 36.4 Å². The zero-order valence-corrected chi connectivity index (χ0v) is 15.9. The third kappa shape index (κ3) is 5.16. The second-order valence-electron chi connectivity index (χ2n) is 6.58. The minimum Gasteiger partial charge on any atom is -0.342 e. The number of piperazine rings is 1. The molecule has 1 aliphatic rings. The van der Waals surface area contributed by atoms with Crippen LogP contribution >= 0.6 is 0 Å². The summed E-state index contributed by atoms with van der Waals surface area (Å²) in [6.07, 6.45) is 2.19. The maximum atomic E-state index is 12.6. The number of hydrogen-bond acceptors (Lipinski definition) is 5. The molecule has 1 saturated heterocycles. The second-order valence-corrected chi connectivity index (χ2v) is 6.58. The predicted octanol–water partition coefficient (Wildman–Crippen LogP) is 1.21. The average Bonchev–Trinajstić information content (AvgIpc) is 2.74. The van der Waals surface area contributed by atoms with Crippen LogP contribution in [0.1, 0.15) is 27.8 Å². The maximum Gasteiger partial charge on any atom is 0.272 e. The molecule has 0 bridgehead atoms. The first-order chi connectivity index (χ1) is 14.0. The number of amides is 4. The molecule has 0 unspecified atom stereocenters. The fourth-order valence-electron chi connectivity index (χ4n) is 2.92. The number of pyridine rings is 1. The van der Waals surface area contributed by atoms with Crippen LogP contribution in [-0.4, -0.2) is 65.1 Å². The van der Waals surface area contributed by atoms with E-state index >= 15 is 0 Å². The summed E-state index contributed by atoms with van der Waals surface area (Å²) in [5, 5.41) is 5.40. The van der Waals surface area contributed by atoms with Gasteiger partial charge in [0.05, 0.1) is 0 Å². The van der Waals surface area contributed by atoms with Gasteiger partial charge in [0.25, 0.3) is 11.8 Å². The SMILES string of the molecule is CC(=O)Nc1ccc(NC(=O)c2ccnc(C(=O)N3CCN(C=O)CC3)c2)cc1. The Balaban J connectivity index is 1.65. The standard InChI is InChI=1S/C20H21N5O4/c1-14(27)22-16-2-4-17(5-3-16)23-19(28)15-6-7-21-18(12-15)20(29)25-10-8-24(13-26)9-11-25/h2-7,12-13H,8-11H2,1H3,(H,22,27)(H,23,28). The Bertz CT molecular complexity index is 921. The minimum atomic E-state index is -0.375. The highest BCUT2D eigenvalue weighted by atomic mass is 16.2. The van der Waals surface area contributed by atoms with E-state index in [0.29, 0.717) is 43.1 Å². The summed E-state index contributed by atoms with van der Waals surface area (Å²) in [4.78, 5) is 54.3. The molecule has 150 valence electrons. The molecule has 2 N–H and O–H groups in total. The van der Waals surface area contributed by atoms with Crippen molar-refractivity contribution in [2.45, 2.75) is 6.92 Å². The molecule has 9 heteroatoms. The van der Waals surface area contributed by atoms with Crippen molar-refractivity contribution in [2.75, 3.05) is 36.8 Å². The van der Waals surface area contributed by atoms with Gasteiger partial charge in [0.1, 0.15) is 5.69 Å². The summed E-state index contributed by atoms with van der Waals surface area (Å²) in [7, 11) is 0. The summed E-state index contributed by atoms with van der Waals surface area (Å²) in [5.74, 6) is -0.826. The number of carbonyl (C=O) groups is 4. The normalized spacial score (nSPS) is 13.6. The van der Waals surface area contributed by atoms with Gasteiger partial charge in [-0.1, -0.05) is 0 Å². The van der Waals surface area contributed by atoms with Crippen molar-refractivity contribution in [2.24, 2.45) is 0 Å². The molecule has 1 aromatic heterocycles. The molecule has 0 spiro atoms. The monoisotopic (exact) mass is 395 g/mol. The highest BCUT2D eigenvalue weighted by Crippen LogP contribution is 2.15. The number of aromatic nitrogens is 1. The lowest BCUT2D eigenvalue weighted by Crippen LogP contribution is -2.48. The summed E-state index contributed by atoms with van der Waals surface area (Å²) >= 11 is 0. The molecular formula is C20H21N5O4. The van der Waals surface area contributed by atoms with Gasteiger partial charge >= 0.3 is 0 Å². The first-order valence-corrected chi connectivity index (χ1v) is 9.10. The van der Waals surface area contributed by atoms with E-state index in [0.717, 1.165) is 6.41 Å². The molecule has 0 aliphatic carbocycles. The number of hydrogen-bond donors (Lipinski definition) is 2. The number of carbonyl (C=O) groups excluding carboxylic acids is 4. The highest BCUT2D eigenvalue weighted by molar-refractivity contribution is 6.05. The first-order valence-electron chi connectivity index (χ1n) is 9.10. The molecular weight excluding hydrogens is 374 g/mol. The summed E-state index contributed by atoms with van der Waals surface area (Å²) in [6.45, 7) is 3.22. The number of nitrogens with one attached hydrogen (secondary N) is 2. The predicted molar refractivity (Wildman–Crippen MR) is 106 cm³/mol. The first kappa shape index (κ1) is 20.0. The van der Waals surface area contributed by atoms with E-state index in [9.17, 15) is 19.2 Å². The van der Waals surface area contributed by atoms with Crippen molar-refractivity contribution in [3.63, 3.8) is 0 Å². The molecule has 1 fully saturated rings. The zero-order valence-electron chi connectivity index (χ0n) is 15.9. The van der Waals surface area contributed by atoms with E-state index in [1.807, 2.05) is 0 Å². The third-order valence-electron chi connectivity index (χ3n) is 4.45. The fraction of sp³-hybridized carbons (Fsp3) is 0.250. The van der Waals surface area contributed by atoms with Crippen LogP contribution in [0.15, 0.2) is 42.6 Å². The van der Waals surface area contributed by atoms with Gasteiger partial charge in [-0.2, -0.15) is 0 Å². The number of nitrogens with zero attached hydrogens (tertiary/aromatic N) is 3. The fourth-order valence-corrected chi connectivity index (χ4v) is 2.92. The van der Waals surface area contributed by atoms with E-state index in [1.165, 1.54) is 25.3 Å². The van der Waals surface area contributed by atoms with Crippen LogP contribution in [0.2, 0.25) is 0 Å². The van der Waals surface area contributed by atoms with Crippen LogP contribution in [0.4, 0.5) is 11.4 Å². The summed E-state index contributed by atoms with van der Waals surface area (Å²) in [6, 6.07) is 9.68. The summed E-state index contributed by atoms with van der Waals surface area (Å²) < 4.78 is 0. The molecule has 0 atom stereocenters. The van der Waals surface area contributed by atoms with Gasteiger partial charge in [-0.15, -0.1) is 0 Å². The van der Waals surface area contributed by atoms with E-state index in [-0.39, 0.29) is 23.4 Å². The van der Waals surface area contributed by atoms with Gasteiger partial charge in [-0.3, -0.25) is 24.2 Å².